The highest BCUT2D eigenvalue weighted by Gasteiger charge is 2.25. The van der Waals surface area contributed by atoms with Crippen molar-refractivity contribution < 1.29 is 9.57 Å². The van der Waals surface area contributed by atoms with E-state index in [0.29, 0.717) is 24.1 Å². The van der Waals surface area contributed by atoms with Gasteiger partial charge in [0.15, 0.2) is 11.6 Å². The van der Waals surface area contributed by atoms with E-state index < -0.39 is 0 Å². The first-order chi connectivity index (χ1) is 16.6. The van der Waals surface area contributed by atoms with E-state index in [0.717, 1.165) is 23.3 Å². The van der Waals surface area contributed by atoms with Gasteiger partial charge in [-0.1, -0.05) is 35.9 Å². The number of hydrogen-bond acceptors (Lipinski definition) is 5. The molecule has 0 radical (unpaired) electrons. The second kappa shape index (κ2) is 8.61. The number of benzene rings is 2. The Morgan fingerprint density at radius 1 is 1.09 bits per heavy atom. The first-order valence-electron chi connectivity index (χ1n) is 11.9. The number of nitrogens with zero attached hydrogens (tertiary/aromatic N) is 3. The zero-order valence-electron chi connectivity index (χ0n) is 19.5. The fourth-order valence-electron chi connectivity index (χ4n) is 4.60. The number of hydrogen-bond donors (Lipinski definition) is 1. The summed E-state index contributed by atoms with van der Waals surface area (Å²) >= 11 is 0. The summed E-state index contributed by atoms with van der Waals surface area (Å²) in [6.07, 6.45) is 7.03. The van der Waals surface area contributed by atoms with Gasteiger partial charge in [0.25, 0.3) is 0 Å². The van der Waals surface area contributed by atoms with Gasteiger partial charge in [0.05, 0.1) is 29.9 Å². The summed E-state index contributed by atoms with van der Waals surface area (Å²) in [6, 6.07) is 19.0. The van der Waals surface area contributed by atoms with Crippen molar-refractivity contribution in [3.8, 4) is 11.5 Å². The van der Waals surface area contributed by atoms with E-state index >= 15 is 0 Å². The Bertz CT molecular complexity index is 1390. The van der Waals surface area contributed by atoms with Crippen LogP contribution >= 0.6 is 0 Å². The van der Waals surface area contributed by atoms with Crippen LogP contribution in [0.5, 0.6) is 11.5 Å². The molecule has 1 fully saturated rings. The molecular weight excluding hydrogens is 424 g/mol. The molecule has 1 unspecified atom stereocenters. The van der Waals surface area contributed by atoms with Crippen molar-refractivity contribution >= 4 is 11.4 Å². The van der Waals surface area contributed by atoms with Gasteiger partial charge in [-0.2, -0.15) is 5.10 Å². The third-order valence-electron chi connectivity index (χ3n) is 6.60. The molecule has 6 rings (SSSR count). The molecule has 1 saturated carbocycles. The van der Waals surface area contributed by atoms with Gasteiger partial charge in [0.2, 0.25) is 0 Å². The van der Waals surface area contributed by atoms with Crippen LogP contribution in [0, 0.1) is 13.8 Å². The number of aliphatic imine (C=N–C) groups is 1. The number of rotatable bonds is 6. The van der Waals surface area contributed by atoms with Gasteiger partial charge < -0.3 is 4.74 Å². The van der Waals surface area contributed by atoms with Gasteiger partial charge in [0.1, 0.15) is 5.75 Å². The first kappa shape index (κ1) is 20.9. The fraction of sp³-hybridized carbons (Fsp3) is 0.286. The summed E-state index contributed by atoms with van der Waals surface area (Å²) in [6.45, 7) is 4.80. The molecule has 0 spiro atoms. The molecule has 1 aliphatic heterocycles. The average molecular weight is 453 g/mol. The lowest BCUT2D eigenvalue weighted by molar-refractivity contribution is 0.0623. The highest BCUT2D eigenvalue weighted by Crippen LogP contribution is 2.41. The van der Waals surface area contributed by atoms with Gasteiger partial charge in [-0.05, 0) is 80.0 Å². The number of ether oxygens (including phenoxy) is 1. The molecule has 0 amide bonds. The van der Waals surface area contributed by atoms with Crippen molar-refractivity contribution in [1.82, 2.24) is 15.1 Å². The second-order valence-electron chi connectivity index (χ2n) is 9.38. The highest BCUT2D eigenvalue weighted by atomic mass is 16.6. The Morgan fingerprint density at radius 2 is 2.00 bits per heavy atom. The molecule has 2 aliphatic rings. The van der Waals surface area contributed by atoms with Crippen molar-refractivity contribution in [1.29, 1.82) is 0 Å². The summed E-state index contributed by atoms with van der Waals surface area (Å²) in [7, 11) is 0. The molecule has 0 saturated heterocycles. The van der Waals surface area contributed by atoms with Gasteiger partial charge in [-0.3, -0.25) is 9.83 Å². The lowest BCUT2D eigenvalue weighted by Gasteiger charge is -2.24. The Balaban J connectivity index is 1.34. The minimum atomic E-state index is 0.0184. The van der Waals surface area contributed by atoms with Crippen LogP contribution in [0.25, 0.3) is 5.52 Å². The summed E-state index contributed by atoms with van der Waals surface area (Å²) in [4.78, 5) is 10.8. The average Bonchev–Trinajstić information content (AvgIpc) is 3.59. The molecule has 2 aromatic heterocycles. The lowest BCUT2D eigenvalue weighted by atomic mass is 9.99. The van der Waals surface area contributed by atoms with Crippen LogP contribution in [-0.4, -0.2) is 28.1 Å². The minimum Gasteiger partial charge on any atom is -0.455 e. The fourth-order valence-corrected chi connectivity index (χ4v) is 4.60. The second-order valence-corrected chi connectivity index (χ2v) is 9.38. The van der Waals surface area contributed by atoms with Crippen LogP contribution in [0.1, 0.15) is 46.6 Å². The Kier molecular flexibility index (Phi) is 5.30. The van der Waals surface area contributed by atoms with Gasteiger partial charge >= 0.3 is 0 Å². The molecule has 6 heteroatoms. The largest absolute Gasteiger partial charge is 0.455 e. The van der Waals surface area contributed by atoms with E-state index in [4.69, 9.17) is 14.6 Å². The van der Waals surface area contributed by atoms with Gasteiger partial charge in [0, 0.05) is 6.20 Å². The van der Waals surface area contributed by atoms with Crippen molar-refractivity contribution in [2.45, 2.75) is 45.1 Å². The number of fused-ring (bicyclic) bond motifs is 1. The quantitative estimate of drug-likeness (QED) is 0.419. The zero-order valence-corrected chi connectivity index (χ0v) is 19.5. The Morgan fingerprint density at radius 3 is 2.85 bits per heavy atom. The van der Waals surface area contributed by atoms with Crippen LogP contribution < -0.4 is 10.2 Å². The molecule has 34 heavy (non-hydrogen) atoms. The monoisotopic (exact) mass is 452 g/mol. The topological polar surface area (TPSA) is 60.2 Å². The van der Waals surface area contributed by atoms with E-state index in [1.54, 1.807) is 6.20 Å². The van der Waals surface area contributed by atoms with E-state index in [1.807, 2.05) is 28.9 Å². The maximum atomic E-state index is 6.41. The normalized spacial score (nSPS) is 17.9. The van der Waals surface area contributed by atoms with Crippen LogP contribution in [0.15, 0.2) is 72.0 Å². The third-order valence-corrected chi connectivity index (χ3v) is 6.60. The smallest absolute Gasteiger partial charge is 0.156 e. The molecule has 2 aromatic carbocycles. The van der Waals surface area contributed by atoms with Crippen LogP contribution in [0.2, 0.25) is 0 Å². The van der Waals surface area contributed by atoms with Crippen LogP contribution in [0.3, 0.4) is 0 Å². The number of aryl methyl sites for hydroxylation is 2. The van der Waals surface area contributed by atoms with Gasteiger partial charge in [-0.15, -0.1) is 0 Å². The predicted octanol–water partition coefficient (Wildman–Crippen LogP) is 5.51. The molecule has 1 atom stereocenters. The molecule has 6 nitrogen and oxygen atoms in total. The summed E-state index contributed by atoms with van der Waals surface area (Å²) < 4.78 is 8.23. The molecule has 1 aliphatic carbocycles. The minimum absolute atomic E-state index is 0.0184. The molecule has 3 heterocycles. The lowest BCUT2D eigenvalue weighted by Crippen LogP contribution is -2.37. The third kappa shape index (κ3) is 4.29. The van der Waals surface area contributed by atoms with Crippen molar-refractivity contribution in [2.24, 2.45) is 4.99 Å². The van der Waals surface area contributed by atoms with E-state index in [1.165, 1.54) is 35.1 Å². The number of pyridine rings is 1. The summed E-state index contributed by atoms with van der Waals surface area (Å²) in [5, 5.41) is 4.40. The van der Waals surface area contributed by atoms with E-state index in [-0.39, 0.29) is 6.04 Å². The predicted molar refractivity (Wildman–Crippen MR) is 133 cm³/mol. The number of hydroxylamine groups is 1. The van der Waals surface area contributed by atoms with Crippen molar-refractivity contribution in [3.63, 3.8) is 0 Å². The molecule has 1 N–H and O–H groups in total. The molecule has 0 bridgehead atoms. The van der Waals surface area contributed by atoms with E-state index in [2.05, 4.69) is 60.8 Å². The van der Waals surface area contributed by atoms with Crippen LogP contribution in [-0.2, 0) is 11.3 Å². The number of nitrogens with one attached hydrogen (secondary N) is 1. The molecule has 4 aromatic rings. The zero-order chi connectivity index (χ0) is 23.1. The SMILES string of the molecule is Cc1ccc(CC2CONC(c3cc4ccnn4cc3Oc3cccc(C4CC4)c3)=N2)c(C)c1. The molecule has 172 valence electrons. The maximum Gasteiger partial charge on any atom is 0.156 e. The maximum absolute atomic E-state index is 6.41. The summed E-state index contributed by atoms with van der Waals surface area (Å²) in [5.41, 5.74) is 10.1. The van der Waals surface area contributed by atoms with Crippen molar-refractivity contribution in [2.75, 3.05) is 6.61 Å². The number of amidine groups is 1. The molecular formula is C28H28N4O2. The standard InChI is InChI=1S/C28H28N4O2/c1-18-6-7-21(19(2)12-18)13-23-17-33-31-28(30-23)26-15-24-10-11-29-32(24)16-27(26)34-25-5-3-4-22(14-25)20-8-9-20/h3-7,10-12,14-16,20,23H,8-9,13,17H2,1-2H3,(H,30,31). The highest BCUT2D eigenvalue weighted by molar-refractivity contribution is 6.02. The van der Waals surface area contributed by atoms with Crippen molar-refractivity contribution in [3.05, 3.63) is 94.8 Å². The van der Waals surface area contributed by atoms with Crippen LogP contribution in [0.4, 0.5) is 0 Å². The number of aromatic nitrogens is 2. The Hall–Kier alpha value is -3.64. The van der Waals surface area contributed by atoms with Gasteiger partial charge in [-0.25, -0.2) is 10.00 Å². The Labute approximate surface area is 199 Å². The summed E-state index contributed by atoms with van der Waals surface area (Å²) in [5.74, 6) is 2.85. The van der Waals surface area contributed by atoms with E-state index in [9.17, 15) is 0 Å². The first-order valence-corrected chi connectivity index (χ1v) is 11.9.